The molecular weight excluding hydrogens is 164 g/mol. The van der Waals surface area contributed by atoms with Crippen molar-refractivity contribution in [1.29, 1.82) is 0 Å². The van der Waals surface area contributed by atoms with Crippen molar-refractivity contribution in [3.8, 4) is 0 Å². The van der Waals surface area contributed by atoms with Crippen molar-refractivity contribution in [2.24, 2.45) is 13.0 Å². The molecule has 1 rings (SSSR count). The maximum atomic E-state index is 11.7. The maximum absolute atomic E-state index is 11.7. The van der Waals surface area contributed by atoms with Crippen LogP contribution in [0.2, 0.25) is 0 Å². The van der Waals surface area contributed by atoms with E-state index in [2.05, 4.69) is 5.10 Å². The van der Waals surface area contributed by atoms with E-state index in [1.165, 1.54) is 0 Å². The van der Waals surface area contributed by atoms with Gasteiger partial charge in [0.05, 0.1) is 0 Å². The van der Waals surface area contributed by atoms with Crippen LogP contribution in [0, 0.1) is 5.92 Å². The molecule has 0 aliphatic heterocycles. The molecule has 0 fully saturated rings. The van der Waals surface area contributed by atoms with Gasteiger partial charge in [0.25, 0.3) is 0 Å². The minimum atomic E-state index is 0.134. The van der Waals surface area contributed by atoms with E-state index in [-0.39, 0.29) is 11.7 Å². The Balaban J connectivity index is 2.78. The minimum Gasteiger partial charge on any atom is -0.292 e. The number of hydrogen-bond donors (Lipinski definition) is 0. The first-order valence-corrected chi connectivity index (χ1v) is 4.72. The molecule has 0 spiro atoms. The first-order chi connectivity index (χ1) is 6.19. The molecule has 0 aliphatic rings. The van der Waals surface area contributed by atoms with E-state index in [1.807, 2.05) is 20.9 Å². The number of Topliss-reactive ketones (excluding diaryl/α,β-unsaturated/α-hetero) is 1. The van der Waals surface area contributed by atoms with Gasteiger partial charge in [0.2, 0.25) is 0 Å². The van der Waals surface area contributed by atoms with Crippen LogP contribution in [0.3, 0.4) is 0 Å². The summed E-state index contributed by atoms with van der Waals surface area (Å²) in [5.74, 6) is 0.306. The van der Waals surface area contributed by atoms with Crippen molar-refractivity contribution in [3.63, 3.8) is 0 Å². The van der Waals surface area contributed by atoms with Crippen molar-refractivity contribution in [2.75, 3.05) is 0 Å². The minimum absolute atomic E-state index is 0.134. The number of carbonyl (C=O) groups excluding carboxylic acids is 1. The smallest absolute Gasteiger partial charge is 0.186 e. The molecule has 1 aromatic heterocycles. The molecule has 72 valence electrons. The number of nitrogens with zero attached hydrogens (tertiary/aromatic N) is 2. The third-order valence-electron chi connectivity index (χ3n) is 2.32. The molecule has 0 aromatic carbocycles. The first kappa shape index (κ1) is 9.96. The van der Waals surface area contributed by atoms with E-state index in [9.17, 15) is 4.79 Å². The largest absolute Gasteiger partial charge is 0.292 e. The Morgan fingerprint density at radius 1 is 1.54 bits per heavy atom. The van der Waals surface area contributed by atoms with Crippen molar-refractivity contribution < 1.29 is 4.79 Å². The Bertz CT molecular complexity index is 287. The Morgan fingerprint density at radius 3 is 2.54 bits per heavy atom. The summed E-state index contributed by atoms with van der Waals surface area (Å²) in [7, 11) is 1.82. The molecule has 0 bridgehead atoms. The molecular formula is C10H16N2O. The molecule has 0 N–H and O–H groups in total. The molecule has 0 atom stereocenters. The third-order valence-corrected chi connectivity index (χ3v) is 2.32. The van der Waals surface area contributed by atoms with Gasteiger partial charge in [-0.3, -0.25) is 9.48 Å². The van der Waals surface area contributed by atoms with Gasteiger partial charge in [-0.2, -0.15) is 5.10 Å². The van der Waals surface area contributed by atoms with Gasteiger partial charge in [-0.15, -0.1) is 0 Å². The van der Waals surface area contributed by atoms with Gasteiger partial charge in [-0.25, -0.2) is 0 Å². The molecule has 0 unspecified atom stereocenters. The Labute approximate surface area is 78.8 Å². The predicted molar refractivity (Wildman–Crippen MR) is 51.6 cm³/mol. The molecule has 1 heterocycles. The fourth-order valence-corrected chi connectivity index (χ4v) is 1.42. The van der Waals surface area contributed by atoms with Crippen LogP contribution in [0.25, 0.3) is 0 Å². The molecule has 0 aliphatic carbocycles. The summed E-state index contributed by atoms with van der Waals surface area (Å²) in [5, 5.41) is 4.09. The molecule has 0 amide bonds. The SMILES string of the molecule is CCC(CC)C(=O)c1ccn(C)n1. The van der Waals surface area contributed by atoms with Gasteiger partial charge in [-0.05, 0) is 18.9 Å². The number of rotatable bonds is 4. The zero-order chi connectivity index (χ0) is 9.84. The Kier molecular flexibility index (Phi) is 3.23. The van der Waals surface area contributed by atoms with Gasteiger partial charge >= 0.3 is 0 Å². The number of aryl methyl sites for hydroxylation is 1. The predicted octanol–water partition coefficient (Wildman–Crippen LogP) is 2.04. The quantitative estimate of drug-likeness (QED) is 0.664. The van der Waals surface area contributed by atoms with Crippen molar-refractivity contribution >= 4 is 5.78 Å². The number of aromatic nitrogens is 2. The standard InChI is InChI=1S/C10H16N2O/c1-4-8(5-2)10(13)9-6-7-12(3)11-9/h6-8H,4-5H2,1-3H3. The second-order valence-corrected chi connectivity index (χ2v) is 3.25. The molecule has 3 heteroatoms. The summed E-state index contributed by atoms with van der Waals surface area (Å²) in [6, 6.07) is 1.78. The van der Waals surface area contributed by atoms with E-state index >= 15 is 0 Å². The van der Waals surface area contributed by atoms with Gasteiger partial charge in [-0.1, -0.05) is 13.8 Å². The van der Waals surface area contributed by atoms with Crippen LogP contribution < -0.4 is 0 Å². The van der Waals surface area contributed by atoms with E-state index in [0.29, 0.717) is 5.69 Å². The summed E-state index contributed by atoms with van der Waals surface area (Å²) in [4.78, 5) is 11.7. The van der Waals surface area contributed by atoms with Crippen molar-refractivity contribution in [3.05, 3.63) is 18.0 Å². The Morgan fingerprint density at radius 2 is 2.15 bits per heavy atom. The topological polar surface area (TPSA) is 34.9 Å². The summed E-state index contributed by atoms with van der Waals surface area (Å²) >= 11 is 0. The van der Waals surface area contributed by atoms with Crippen LogP contribution in [0.15, 0.2) is 12.3 Å². The lowest BCUT2D eigenvalue weighted by molar-refractivity contribution is 0.0907. The second-order valence-electron chi connectivity index (χ2n) is 3.25. The molecule has 0 radical (unpaired) electrons. The van der Waals surface area contributed by atoms with Gasteiger partial charge in [0.15, 0.2) is 5.78 Å². The number of carbonyl (C=O) groups is 1. The van der Waals surface area contributed by atoms with E-state index < -0.39 is 0 Å². The highest BCUT2D eigenvalue weighted by molar-refractivity contribution is 5.95. The highest BCUT2D eigenvalue weighted by Gasteiger charge is 2.17. The lowest BCUT2D eigenvalue weighted by Crippen LogP contribution is -2.13. The summed E-state index contributed by atoms with van der Waals surface area (Å²) in [6.45, 7) is 4.07. The molecule has 1 aromatic rings. The molecule has 0 saturated carbocycles. The van der Waals surface area contributed by atoms with Gasteiger partial charge < -0.3 is 0 Å². The Hall–Kier alpha value is -1.12. The zero-order valence-electron chi connectivity index (χ0n) is 8.45. The first-order valence-electron chi connectivity index (χ1n) is 4.72. The summed E-state index contributed by atoms with van der Waals surface area (Å²) < 4.78 is 1.66. The lowest BCUT2D eigenvalue weighted by Gasteiger charge is -2.07. The van der Waals surface area contributed by atoms with Crippen LogP contribution in [0.5, 0.6) is 0 Å². The summed E-state index contributed by atoms with van der Waals surface area (Å²) in [5.41, 5.74) is 0.594. The number of ketones is 1. The normalized spacial score (nSPS) is 10.8. The maximum Gasteiger partial charge on any atom is 0.186 e. The highest BCUT2D eigenvalue weighted by atomic mass is 16.1. The van der Waals surface area contributed by atoms with Crippen LogP contribution in [-0.2, 0) is 7.05 Å². The molecule has 0 saturated heterocycles. The summed E-state index contributed by atoms with van der Waals surface area (Å²) in [6.07, 6.45) is 3.59. The van der Waals surface area contributed by atoms with Gasteiger partial charge in [0.1, 0.15) is 5.69 Å². The van der Waals surface area contributed by atoms with Crippen LogP contribution >= 0.6 is 0 Å². The van der Waals surface area contributed by atoms with Crippen LogP contribution in [-0.4, -0.2) is 15.6 Å². The van der Waals surface area contributed by atoms with E-state index in [4.69, 9.17) is 0 Å². The average molecular weight is 180 g/mol. The number of hydrogen-bond acceptors (Lipinski definition) is 2. The second kappa shape index (κ2) is 4.21. The van der Waals surface area contributed by atoms with Crippen LogP contribution in [0.4, 0.5) is 0 Å². The monoisotopic (exact) mass is 180 g/mol. The van der Waals surface area contributed by atoms with Crippen molar-refractivity contribution in [1.82, 2.24) is 9.78 Å². The lowest BCUT2D eigenvalue weighted by atomic mass is 9.96. The highest BCUT2D eigenvalue weighted by Crippen LogP contribution is 2.13. The zero-order valence-corrected chi connectivity index (χ0v) is 8.45. The molecule has 3 nitrogen and oxygen atoms in total. The fraction of sp³-hybridized carbons (Fsp3) is 0.600. The average Bonchev–Trinajstić information content (AvgIpc) is 2.54. The third kappa shape index (κ3) is 2.17. The van der Waals surface area contributed by atoms with Crippen LogP contribution in [0.1, 0.15) is 37.2 Å². The van der Waals surface area contributed by atoms with Crippen molar-refractivity contribution in [2.45, 2.75) is 26.7 Å². The van der Waals surface area contributed by atoms with E-state index in [1.54, 1.807) is 16.9 Å². The fourth-order valence-electron chi connectivity index (χ4n) is 1.42. The van der Waals surface area contributed by atoms with E-state index in [0.717, 1.165) is 12.8 Å². The van der Waals surface area contributed by atoms with Gasteiger partial charge in [0, 0.05) is 19.2 Å². The molecule has 13 heavy (non-hydrogen) atoms.